The highest BCUT2D eigenvalue weighted by Crippen LogP contribution is 2.23. The molecule has 0 radical (unpaired) electrons. The molecule has 0 saturated carbocycles. The van der Waals surface area contributed by atoms with Crippen molar-refractivity contribution in [3.63, 3.8) is 0 Å². The summed E-state index contributed by atoms with van der Waals surface area (Å²) in [6.45, 7) is 0.107. The van der Waals surface area contributed by atoms with Gasteiger partial charge in [-0.05, 0) is 17.2 Å². The molecule has 1 heterocycles. The smallest absolute Gasteiger partial charge is 0.253 e. The molecule has 1 saturated heterocycles. The van der Waals surface area contributed by atoms with Crippen LogP contribution < -0.4 is 5.32 Å². The first-order valence-electron chi connectivity index (χ1n) is 8.50. The second-order valence-corrected chi connectivity index (χ2v) is 6.58. The topological polar surface area (TPSA) is 95.9 Å². The molecular formula is C20H17N3O4S. The van der Waals surface area contributed by atoms with Gasteiger partial charge >= 0.3 is 0 Å². The van der Waals surface area contributed by atoms with Crippen molar-refractivity contribution in [2.45, 2.75) is 12.1 Å². The van der Waals surface area contributed by atoms with Crippen LogP contribution in [0.1, 0.15) is 17.2 Å². The number of carbonyl (C=O) groups is 3. The summed E-state index contributed by atoms with van der Waals surface area (Å²) in [6.07, 6.45) is 1.56. The first-order valence-corrected chi connectivity index (χ1v) is 8.95. The zero-order chi connectivity index (χ0) is 20.1. The van der Waals surface area contributed by atoms with Crippen LogP contribution in [0.25, 0.3) is 6.08 Å². The molecule has 2 aromatic carbocycles. The monoisotopic (exact) mass is 395 g/mol. The quantitative estimate of drug-likeness (QED) is 0.325. The maximum absolute atomic E-state index is 12.5. The van der Waals surface area contributed by atoms with Gasteiger partial charge in [-0.15, -0.1) is 4.91 Å². The van der Waals surface area contributed by atoms with Crippen LogP contribution in [0.5, 0.6) is 0 Å². The summed E-state index contributed by atoms with van der Waals surface area (Å²) < 4.78 is 0. The molecule has 2 aromatic rings. The predicted molar refractivity (Wildman–Crippen MR) is 107 cm³/mol. The zero-order valence-corrected chi connectivity index (χ0v) is 15.6. The SMILES string of the molecule is O=NC(C(=O)NC1CN(C(=Cc2ccccc2)C(=O)S)C1=O)c1ccccc1. The minimum Gasteiger partial charge on any atom is -0.340 e. The Labute approximate surface area is 166 Å². The lowest BCUT2D eigenvalue weighted by molar-refractivity contribution is -0.145. The number of hydrogen-bond acceptors (Lipinski definition) is 5. The van der Waals surface area contributed by atoms with E-state index in [1.807, 2.05) is 18.2 Å². The molecule has 28 heavy (non-hydrogen) atoms. The van der Waals surface area contributed by atoms with Gasteiger partial charge in [0.25, 0.3) is 11.8 Å². The van der Waals surface area contributed by atoms with Gasteiger partial charge in [0, 0.05) is 0 Å². The highest BCUT2D eigenvalue weighted by molar-refractivity contribution is 7.97. The number of nitrogens with zero attached hydrogens (tertiary/aromatic N) is 2. The molecule has 1 aliphatic rings. The van der Waals surface area contributed by atoms with Crippen LogP contribution >= 0.6 is 12.6 Å². The molecule has 0 spiro atoms. The van der Waals surface area contributed by atoms with Crippen molar-refractivity contribution in [1.82, 2.24) is 10.2 Å². The molecule has 8 heteroatoms. The van der Waals surface area contributed by atoms with Crippen molar-refractivity contribution >= 4 is 35.6 Å². The van der Waals surface area contributed by atoms with Crippen LogP contribution in [0, 0.1) is 4.91 Å². The molecule has 1 fully saturated rings. The fourth-order valence-corrected chi connectivity index (χ4v) is 3.04. The number of nitroso groups, excluding NO2 is 1. The van der Waals surface area contributed by atoms with E-state index in [0.29, 0.717) is 5.56 Å². The lowest BCUT2D eigenvalue weighted by Gasteiger charge is -2.39. The lowest BCUT2D eigenvalue weighted by atomic mass is 10.0. The standard InChI is InChI=1S/C20H17N3O4S/c24-18(17(22-27)14-9-5-2-6-10-14)21-15-12-23(19(15)25)16(20(26)28)11-13-7-3-1-4-8-13/h1-11,15,17H,12H2,(H,21,24)(H,26,28). The number of likely N-dealkylation sites (tertiary alicyclic amines) is 1. The minimum atomic E-state index is -1.24. The average Bonchev–Trinajstić information content (AvgIpc) is 2.71. The highest BCUT2D eigenvalue weighted by Gasteiger charge is 2.42. The van der Waals surface area contributed by atoms with Gasteiger partial charge in [0.15, 0.2) is 6.04 Å². The van der Waals surface area contributed by atoms with Crippen molar-refractivity contribution in [3.8, 4) is 0 Å². The second kappa shape index (κ2) is 8.62. The third-order valence-electron chi connectivity index (χ3n) is 4.33. The predicted octanol–water partition coefficient (Wildman–Crippen LogP) is 2.32. The van der Waals surface area contributed by atoms with Gasteiger partial charge in [0.2, 0.25) is 5.12 Å². The third-order valence-corrected chi connectivity index (χ3v) is 4.56. The Bertz CT molecular complexity index is 931. The maximum Gasteiger partial charge on any atom is 0.253 e. The van der Waals surface area contributed by atoms with Crippen molar-refractivity contribution in [1.29, 1.82) is 0 Å². The molecule has 2 atom stereocenters. The largest absolute Gasteiger partial charge is 0.340 e. The van der Waals surface area contributed by atoms with E-state index in [-0.39, 0.29) is 12.2 Å². The molecular weight excluding hydrogens is 378 g/mol. The molecule has 1 N–H and O–H groups in total. The Kier molecular flexibility index (Phi) is 6.00. The molecule has 2 unspecified atom stereocenters. The number of thiol groups is 1. The fraction of sp³-hybridized carbons (Fsp3) is 0.150. The van der Waals surface area contributed by atoms with E-state index in [9.17, 15) is 19.3 Å². The molecule has 2 amide bonds. The van der Waals surface area contributed by atoms with Gasteiger partial charge in [-0.3, -0.25) is 14.4 Å². The summed E-state index contributed by atoms with van der Waals surface area (Å²) in [5.41, 5.74) is 1.31. The molecule has 7 nitrogen and oxygen atoms in total. The molecule has 3 rings (SSSR count). The number of nitrogens with one attached hydrogen (secondary N) is 1. The van der Waals surface area contributed by atoms with Crippen molar-refractivity contribution in [2.24, 2.45) is 5.18 Å². The second-order valence-electron chi connectivity index (χ2n) is 6.17. The summed E-state index contributed by atoms with van der Waals surface area (Å²) in [5.74, 6) is -1.11. The minimum absolute atomic E-state index is 0.107. The molecule has 0 aliphatic carbocycles. The number of β-lactam (4-membered cyclic amide) rings is 1. The van der Waals surface area contributed by atoms with Gasteiger partial charge in [0.1, 0.15) is 6.04 Å². The average molecular weight is 395 g/mol. The summed E-state index contributed by atoms with van der Waals surface area (Å²) in [7, 11) is 0. The maximum atomic E-state index is 12.5. The van der Waals surface area contributed by atoms with Gasteiger partial charge in [-0.25, -0.2) is 0 Å². The zero-order valence-electron chi connectivity index (χ0n) is 14.7. The molecule has 0 bridgehead atoms. The van der Waals surface area contributed by atoms with E-state index >= 15 is 0 Å². The van der Waals surface area contributed by atoms with E-state index in [2.05, 4.69) is 23.1 Å². The normalized spacial score (nSPS) is 17.5. The fourth-order valence-electron chi connectivity index (χ4n) is 2.86. The first-order chi connectivity index (χ1) is 13.5. The van der Waals surface area contributed by atoms with E-state index in [0.717, 1.165) is 5.56 Å². The Hall–Kier alpha value is -3.26. The van der Waals surface area contributed by atoms with Crippen LogP contribution in [0.3, 0.4) is 0 Å². The van der Waals surface area contributed by atoms with Crippen LogP contribution in [0.15, 0.2) is 71.5 Å². The van der Waals surface area contributed by atoms with E-state index in [1.165, 1.54) is 4.90 Å². The Morgan fingerprint density at radius 3 is 2.25 bits per heavy atom. The van der Waals surface area contributed by atoms with Crippen molar-refractivity contribution in [2.75, 3.05) is 6.54 Å². The first kappa shape index (κ1) is 19.5. The summed E-state index contributed by atoms with van der Waals surface area (Å²) >= 11 is 3.84. The summed E-state index contributed by atoms with van der Waals surface area (Å²) in [6, 6.07) is 15.3. The summed E-state index contributed by atoms with van der Waals surface area (Å²) in [4.78, 5) is 49.0. The van der Waals surface area contributed by atoms with Crippen LogP contribution in [0.4, 0.5) is 0 Å². The molecule has 1 aliphatic heterocycles. The van der Waals surface area contributed by atoms with Crippen molar-refractivity contribution < 1.29 is 14.4 Å². The molecule has 142 valence electrons. The van der Waals surface area contributed by atoms with Gasteiger partial charge in [-0.1, -0.05) is 78.5 Å². The number of rotatable bonds is 7. The van der Waals surface area contributed by atoms with Crippen LogP contribution in [0.2, 0.25) is 0 Å². The Morgan fingerprint density at radius 2 is 1.71 bits per heavy atom. The van der Waals surface area contributed by atoms with Gasteiger partial charge in [-0.2, -0.15) is 0 Å². The Balaban J connectivity index is 1.69. The highest BCUT2D eigenvalue weighted by atomic mass is 32.1. The Morgan fingerprint density at radius 1 is 1.11 bits per heavy atom. The third kappa shape index (κ3) is 4.17. The molecule has 0 aromatic heterocycles. The number of hydrogen-bond donors (Lipinski definition) is 2. The van der Waals surface area contributed by atoms with E-state index in [1.54, 1.807) is 48.5 Å². The number of carbonyl (C=O) groups excluding carboxylic acids is 3. The van der Waals surface area contributed by atoms with Gasteiger partial charge in [0.05, 0.1) is 12.2 Å². The van der Waals surface area contributed by atoms with Crippen molar-refractivity contribution in [3.05, 3.63) is 82.4 Å². The van der Waals surface area contributed by atoms with Gasteiger partial charge < -0.3 is 10.2 Å². The van der Waals surface area contributed by atoms with Crippen LogP contribution in [-0.4, -0.2) is 34.4 Å². The lowest BCUT2D eigenvalue weighted by Crippen LogP contribution is -2.64. The summed E-state index contributed by atoms with van der Waals surface area (Å²) in [5, 5.41) is 4.83. The number of benzene rings is 2. The van der Waals surface area contributed by atoms with Crippen LogP contribution in [-0.2, 0) is 14.4 Å². The number of amides is 2. The van der Waals surface area contributed by atoms with E-state index < -0.39 is 29.0 Å². The van der Waals surface area contributed by atoms with E-state index in [4.69, 9.17) is 0 Å².